The van der Waals surface area contributed by atoms with Crippen LogP contribution >= 0.6 is 0 Å². The van der Waals surface area contributed by atoms with Crippen molar-refractivity contribution < 1.29 is 15.4 Å². The normalized spacial score (nSPS) is 15.0. The second-order valence-corrected chi connectivity index (χ2v) is 5.78. The van der Waals surface area contributed by atoms with Gasteiger partial charge in [0.25, 0.3) is 0 Å². The van der Waals surface area contributed by atoms with Gasteiger partial charge in [-0.15, -0.1) is 0 Å². The van der Waals surface area contributed by atoms with Gasteiger partial charge in [0.05, 0.1) is 12.0 Å². The van der Waals surface area contributed by atoms with E-state index in [4.69, 9.17) is 10.6 Å². The number of carbonyl (C=O) groups is 1. The molecule has 0 atom stereocenters. The topological polar surface area (TPSA) is 49.3 Å². The lowest BCUT2D eigenvalue weighted by atomic mass is 10.0. The first-order valence-corrected chi connectivity index (χ1v) is 8.74. The van der Waals surface area contributed by atoms with Gasteiger partial charge in [-0.1, -0.05) is 84.0 Å². The van der Waals surface area contributed by atoms with Gasteiger partial charge in [0, 0.05) is 12.9 Å². The van der Waals surface area contributed by atoms with Crippen LogP contribution in [0.25, 0.3) is 0 Å². The molecule has 3 heteroatoms. The van der Waals surface area contributed by atoms with Gasteiger partial charge in [-0.2, -0.15) is 0 Å². The smallest absolute Gasteiger partial charge is 0.220 e. The molecule has 0 aromatic heterocycles. The lowest BCUT2D eigenvalue weighted by Crippen LogP contribution is -2.25. The van der Waals surface area contributed by atoms with Crippen LogP contribution in [0.4, 0.5) is 0 Å². The van der Waals surface area contributed by atoms with Gasteiger partial charge in [0.2, 0.25) is 5.91 Å². The van der Waals surface area contributed by atoms with Crippen molar-refractivity contribution >= 4 is 5.91 Å². The Balaban J connectivity index is 3.43. The van der Waals surface area contributed by atoms with Crippen molar-refractivity contribution in [3.8, 4) is 0 Å². The minimum Gasteiger partial charge on any atom is -0.395 e. The van der Waals surface area contributed by atoms with Crippen LogP contribution in [0.3, 0.4) is 0 Å². The van der Waals surface area contributed by atoms with Gasteiger partial charge in [0.1, 0.15) is 0 Å². The van der Waals surface area contributed by atoms with E-state index >= 15 is 0 Å². The lowest BCUT2D eigenvalue weighted by Gasteiger charge is -2.04. The number of carbonyl (C=O) groups excluding carboxylic acids is 1. The molecule has 3 nitrogen and oxygen atoms in total. The highest BCUT2D eigenvalue weighted by Gasteiger charge is 1.99. The molecule has 1 amide bonds. The highest BCUT2D eigenvalue weighted by atomic mass is 16.3. The molecule has 0 heterocycles. The van der Waals surface area contributed by atoms with Gasteiger partial charge >= 0.3 is 0 Å². The van der Waals surface area contributed by atoms with E-state index in [1.54, 1.807) is 0 Å². The lowest BCUT2D eigenvalue weighted by molar-refractivity contribution is -0.121. The average Bonchev–Trinajstić information content (AvgIpc) is 2.50. The molecule has 126 valence electrons. The minimum atomic E-state index is -3.08. The molecule has 0 aromatic carbocycles. The van der Waals surface area contributed by atoms with Gasteiger partial charge in [0.15, 0.2) is 0 Å². The first kappa shape index (κ1) is 14.0. The fourth-order valence-corrected chi connectivity index (χ4v) is 2.46. The number of amides is 1. The monoisotopic (exact) mass is 303 g/mol. The zero-order valence-electron chi connectivity index (χ0n) is 17.8. The number of unbranched alkanes of at least 4 members (excludes halogenated alkanes) is 12. The summed E-state index contributed by atoms with van der Waals surface area (Å²) in [4.78, 5) is 11.6. The molecule has 0 aliphatic heterocycles. The Hall–Kier alpha value is -0.570. The first-order valence-electron chi connectivity index (χ1n) is 10.7. The van der Waals surface area contributed by atoms with Crippen LogP contribution in [0.15, 0.2) is 0 Å². The van der Waals surface area contributed by atoms with Crippen LogP contribution < -0.4 is 5.32 Å². The van der Waals surface area contributed by atoms with E-state index in [1.807, 2.05) is 5.32 Å². The standard InChI is InChI=1S/C18H37NO2/c1-2-3-4-5-6-7-8-9-10-11-12-13-14-15-18(21)19-16-17-20/h20H,2-17H2,1H3,(H,19,21)/i16D2,17D2. The summed E-state index contributed by atoms with van der Waals surface area (Å²) >= 11 is 0. The van der Waals surface area contributed by atoms with Crippen molar-refractivity contribution in [2.45, 2.75) is 96.8 Å². The van der Waals surface area contributed by atoms with Gasteiger partial charge in [-0.05, 0) is 6.42 Å². The summed E-state index contributed by atoms with van der Waals surface area (Å²) in [7, 11) is 0. The van der Waals surface area contributed by atoms with Gasteiger partial charge in [-0.3, -0.25) is 4.79 Å². The van der Waals surface area contributed by atoms with E-state index in [0.29, 0.717) is 6.42 Å². The highest BCUT2D eigenvalue weighted by Crippen LogP contribution is 2.12. The molecule has 2 N–H and O–H groups in total. The Morgan fingerprint density at radius 2 is 1.29 bits per heavy atom. The van der Waals surface area contributed by atoms with Crippen molar-refractivity contribution in [3.63, 3.8) is 0 Å². The molecule has 0 rings (SSSR count). The van der Waals surface area contributed by atoms with Crippen LogP contribution in [0.1, 0.15) is 102 Å². The Bertz CT molecular complexity index is 346. The molecule has 0 radical (unpaired) electrons. The molecule has 0 fully saturated rings. The fraction of sp³-hybridized carbons (Fsp3) is 0.944. The van der Waals surface area contributed by atoms with E-state index in [-0.39, 0.29) is 6.42 Å². The van der Waals surface area contributed by atoms with Crippen LogP contribution in [0.2, 0.25) is 0 Å². The van der Waals surface area contributed by atoms with E-state index in [1.165, 1.54) is 57.8 Å². The Labute approximate surface area is 137 Å². The van der Waals surface area contributed by atoms with Gasteiger partial charge < -0.3 is 10.4 Å². The van der Waals surface area contributed by atoms with Crippen LogP contribution in [-0.4, -0.2) is 24.1 Å². The summed E-state index contributed by atoms with van der Waals surface area (Å²) in [5, 5.41) is 10.9. The number of aliphatic hydroxyl groups is 1. The zero-order chi connectivity index (χ0) is 19.2. The average molecular weight is 304 g/mol. The van der Waals surface area contributed by atoms with E-state index < -0.39 is 19.0 Å². The minimum absolute atomic E-state index is 0.160. The van der Waals surface area contributed by atoms with Crippen LogP contribution in [0, 0.1) is 0 Å². The molecule has 0 aromatic rings. The van der Waals surface area contributed by atoms with Gasteiger partial charge in [-0.25, -0.2) is 0 Å². The third-order valence-corrected chi connectivity index (χ3v) is 3.77. The van der Waals surface area contributed by atoms with Crippen molar-refractivity contribution in [2.75, 3.05) is 13.1 Å². The molecule has 0 unspecified atom stereocenters. The molecule has 0 bridgehead atoms. The molecule has 21 heavy (non-hydrogen) atoms. The second kappa shape index (κ2) is 17.5. The van der Waals surface area contributed by atoms with Crippen LogP contribution in [-0.2, 0) is 4.79 Å². The zero-order valence-corrected chi connectivity index (χ0v) is 13.8. The summed E-state index contributed by atoms with van der Waals surface area (Å²) in [5.74, 6) is -0.564. The number of rotatable bonds is 16. The maximum atomic E-state index is 11.6. The third-order valence-electron chi connectivity index (χ3n) is 3.77. The quantitative estimate of drug-likeness (QED) is 0.410. The van der Waals surface area contributed by atoms with Crippen molar-refractivity contribution in [2.24, 2.45) is 0 Å². The summed E-state index contributed by atoms with van der Waals surface area (Å²) < 4.78 is 28.5. The molecular formula is C18H37NO2. The maximum absolute atomic E-state index is 11.6. The molecule has 0 aliphatic carbocycles. The summed E-state index contributed by atoms with van der Waals surface area (Å²) in [6, 6.07) is 0. The van der Waals surface area contributed by atoms with E-state index in [0.717, 1.165) is 19.3 Å². The van der Waals surface area contributed by atoms with Crippen molar-refractivity contribution in [1.82, 2.24) is 5.32 Å². The highest BCUT2D eigenvalue weighted by molar-refractivity contribution is 5.75. The third kappa shape index (κ3) is 17.4. The SMILES string of the molecule is [2H]C([2H])(O)C([2H])([2H])NC(=O)CCCCCCCCCCCCCCC. The van der Waals surface area contributed by atoms with Crippen LogP contribution in [0.5, 0.6) is 0 Å². The maximum Gasteiger partial charge on any atom is 0.220 e. The Morgan fingerprint density at radius 3 is 1.71 bits per heavy atom. The van der Waals surface area contributed by atoms with Crippen molar-refractivity contribution in [1.29, 1.82) is 0 Å². The number of hydrogen-bond acceptors (Lipinski definition) is 2. The predicted octanol–water partition coefficient (Wildman–Crippen LogP) is 4.58. The Kier molecular flexibility index (Phi) is 11.7. The molecule has 0 aliphatic rings. The van der Waals surface area contributed by atoms with E-state index in [9.17, 15) is 4.79 Å². The molecule has 0 saturated heterocycles. The van der Waals surface area contributed by atoms with E-state index in [2.05, 4.69) is 6.92 Å². The first-order chi connectivity index (χ1) is 11.7. The molecule has 0 saturated carbocycles. The number of hydrogen-bond donors (Lipinski definition) is 2. The molecule has 0 spiro atoms. The molecular weight excluding hydrogens is 262 g/mol. The summed E-state index contributed by atoms with van der Waals surface area (Å²) in [5.41, 5.74) is 0. The second-order valence-electron chi connectivity index (χ2n) is 5.78. The fourth-order valence-electron chi connectivity index (χ4n) is 2.46. The largest absolute Gasteiger partial charge is 0.395 e. The predicted molar refractivity (Wildman–Crippen MR) is 90.4 cm³/mol. The summed E-state index contributed by atoms with van der Waals surface area (Å²) in [6.07, 6.45) is 15.9. The summed E-state index contributed by atoms with van der Waals surface area (Å²) in [6.45, 7) is -3.61. The van der Waals surface area contributed by atoms with Crippen molar-refractivity contribution in [3.05, 3.63) is 0 Å². The number of nitrogens with one attached hydrogen (secondary N) is 1. The Morgan fingerprint density at radius 1 is 0.857 bits per heavy atom.